The Hall–Kier alpha value is -0.0800. The van der Waals surface area contributed by atoms with Crippen LogP contribution in [0.25, 0.3) is 0 Å². The van der Waals surface area contributed by atoms with Crippen LogP contribution in [0.2, 0.25) is 0 Å². The fourth-order valence-electron chi connectivity index (χ4n) is 4.03. The zero-order valence-electron chi connectivity index (χ0n) is 12.7. The highest BCUT2D eigenvalue weighted by molar-refractivity contribution is 4.89. The molecule has 1 aliphatic carbocycles. The molecule has 2 nitrogen and oxygen atoms in total. The molecule has 0 amide bonds. The predicted octanol–water partition coefficient (Wildman–Crippen LogP) is 3.13. The summed E-state index contributed by atoms with van der Waals surface area (Å²) in [5.41, 5.74) is 0.577. The maximum atomic E-state index is 3.46. The third-order valence-corrected chi connectivity index (χ3v) is 5.44. The molecule has 1 saturated heterocycles. The fraction of sp³-hybridized carbons (Fsp3) is 1.00. The molecule has 0 aromatic rings. The van der Waals surface area contributed by atoms with Gasteiger partial charge in [-0.1, -0.05) is 33.1 Å². The Labute approximate surface area is 114 Å². The van der Waals surface area contributed by atoms with Gasteiger partial charge in [0.15, 0.2) is 0 Å². The van der Waals surface area contributed by atoms with Crippen molar-refractivity contribution in [2.75, 3.05) is 33.2 Å². The van der Waals surface area contributed by atoms with Gasteiger partial charge in [-0.05, 0) is 50.1 Å². The number of nitrogens with one attached hydrogen (secondary N) is 1. The van der Waals surface area contributed by atoms with Gasteiger partial charge >= 0.3 is 0 Å². The number of rotatable bonds is 4. The first-order valence-electron chi connectivity index (χ1n) is 8.02. The zero-order chi connectivity index (χ0) is 13.0. The maximum absolute atomic E-state index is 3.46. The van der Waals surface area contributed by atoms with Crippen molar-refractivity contribution >= 4 is 0 Å². The van der Waals surface area contributed by atoms with E-state index in [0.717, 1.165) is 11.8 Å². The molecule has 2 unspecified atom stereocenters. The van der Waals surface area contributed by atoms with E-state index in [0.29, 0.717) is 5.41 Å². The number of piperidine rings is 1. The normalized spacial score (nSPS) is 33.5. The second-order valence-corrected chi connectivity index (χ2v) is 7.07. The summed E-state index contributed by atoms with van der Waals surface area (Å²) in [6.45, 7) is 10.1. The average Bonchev–Trinajstić information content (AvgIpc) is 2.35. The van der Waals surface area contributed by atoms with Gasteiger partial charge in [0.1, 0.15) is 0 Å². The lowest BCUT2D eigenvalue weighted by Crippen LogP contribution is -2.48. The first-order valence-corrected chi connectivity index (χ1v) is 8.02. The Morgan fingerprint density at radius 1 is 1.11 bits per heavy atom. The number of nitrogens with zero attached hydrogens (tertiary/aromatic N) is 1. The van der Waals surface area contributed by atoms with Gasteiger partial charge in [0.05, 0.1) is 0 Å². The van der Waals surface area contributed by atoms with Crippen molar-refractivity contribution in [3.05, 3.63) is 0 Å². The average molecular weight is 252 g/mol. The van der Waals surface area contributed by atoms with E-state index in [1.807, 2.05) is 0 Å². The summed E-state index contributed by atoms with van der Waals surface area (Å²) in [5, 5.41) is 3.46. The van der Waals surface area contributed by atoms with Crippen molar-refractivity contribution in [1.29, 1.82) is 0 Å². The van der Waals surface area contributed by atoms with E-state index < -0.39 is 0 Å². The van der Waals surface area contributed by atoms with Crippen LogP contribution in [0, 0.1) is 17.3 Å². The highest BCUT2D eigenvalue weighted by Gasteiger charge is 2.35. The van der Waals surface area contributed by atoms with E-state index in [1.54, 1.807) is 0 Å². The first kappa shape index (κ1) is 14.3. The molecule has 2 fully saturated rings. The van der Waals surface area contributed by atoms with Gasteiger partial charge in [-0.25, -0.2) is 0 Å². The van der Waals surface area contributed by atoms with Crippen molar-refractivity contribution in [2.45, 2.75) is 52.4 Å². The second kappa shape index (κ2) is 6.38. The Morgan fingerprint density at radius 2 is 1.83 bits per heavy atom. The van der Waals surface area contributed by atoms with Crippen LogP contribution in [-0.2, 0) is 0 Å². The van der Waals surface area contributed by atoms with Crippen LogP contribution >= 0.6 is 0 Å². The quantitative estimate of drug-likeness (QED) is 0.827. The van der Waals surface area contributed by atoms with Crippen LogP contribution < -0.4 is 5.32 Å². The van der Waals surface area contributed by atoms with Gasteiger partial charge in [-0.3, -0.25) is 0 Å². The van der Waals surface area contributed by atoms with Gasteiger partial charge in [0, 0.05) is 19.6 Å². The van der Waals surface area contributed by atoms with Crippen molar-refractivity contribution in [3.8, 4) is 0 Å². The van der Waals surface area contributed by atoms with Crippen LogP contribution in [-0.4, -0.2) is 38.1 Å². The minimum atomic E-state index is 0.577. The largest absolute Gasteiger partial charge is 0.319 e. The maximum Gasteiger partial charge on any atom is 0.00503 e. The summed E-state index contributed by atoms with van der Waals surface area (Å²) >= 11 is 0. The summed E-state index contributed by atoms with van der Waals surface area (Å²) < 4.78 is 0. The highest BCUT2D eigenvalue weighted by atomic mass is 15.1. The van der Waals surface area contributed by atoms with Gasteiger partial charge in [0.25, 0.3) is 0 Å². The van der Waals surface area contributed by atoms with Crippen molar-refractivity contribution < 1.29 is 0 Å². The summed E-state index contributed by atoms with van der Waals surface area (Å²) in [6, 6.07) is 0. The molecule has 0 bridgehead atoms. The fourth-order valence-corrected chi connectivity index (χ4v) is 4.03. The Kier molecular flexibility index (Phi) is 5.08. The minimum Gasteiger partial charge on any atom is -0.319 e. The topological polar surface area (TPSA) is 15.3 Å². The van der Waals surface area contributed by atoms with E-state index in [2.05, 4.69) is 31.1 Å². The van der Waals surface area contributed by atoms with Gasteiger partial charge < -0.3 is 10.2 Å². The molecule has 2 heteroatoms. The van der Waals surface area contributed by atoms with Crippen molar-refractivity contribution in [3.63, 3.8) is 0 Å². The lowest BCUT2D eigenvalue weighted by Gasteiger charge is -2.44. The molecule has 1 N–H and O–H groups in total. The lowest BCUT2D eigenvalue weighted by atomic mass is 9.73. The molecule has 0 aromatic heterocycles. The molecule has 18 heavy (non-hydrogen) atoms. The predicted molar refractivity (Wildman–Crippen MR) is 78.8 cm³/mol. The number of hydrogen-bond donors (Lipinski definition) is 1. The third-order valence-electron chi connectivity index (χ3n) is 5.44. The standard InChI is InChI=1S/C16H32N2/c1-14-7-10-18(11-15(14)2)13-16(12-17-3)8-5-4-6-9-16/h14-15,17H,4-13H2,1-3H3. The lowest BCUT2D eigenvalue weighted by molar-refractivity contribution is 0.0604. The molecule has 2 atom stereocenters. The van der Waals surface area contributed by atoms with E-state index >= 15 is 0 Å². The number of likely N-dealkylation sites (tertiary alicyclic amines) is 1. The van der Waals surface area contributed by atoms with E-state index in [1.165, 1.54) is 64.7 Å². The van der Waals surface area contributed by atoms with Crippen molar-refractivity contribution in [2.24, 2.45) is 17.3 Å². The van der Waals surface area contributed by atoms with Crippen LogP contribution in [0.3, 0.4) is 0 Å². The van der Waals surface area contributed by atoms with Crippen LogP contribution in [0.5, 0.6) is 0 Å². The second-order valence-electron chi connectivity index (χ2n) is 7.07. The monoisotopic (exact) mass is 252 g/mol. The first-order chi connectivity index (χ1) is 8.65. The van der Waals surface area contributed by atoms with Crippen LogP contribution in [0.4, 0.5) is 0 Å². The van der Waals surface area contributed by atoms with Crippen LogP contribution in [0.1, 0.15) is 52.4 Å². The molecule has 2 rings (SSSR count). The van der Waals surface area contributed by atoms with E-state index in [-0.39, 0.29) is 0 Å². The summed E-state index contributed by atoms with van der Waals surface area (Å²) in [4.78, 5) is 2.76. The molecule has 1 heterocycles. The third kappa shape index (κ3) is 3.48. The molecule has 0 radical (unpaired) electrons. The summed E-state index contributed by atoms with van der Waals surface area (Å²) in [6.07, 6.45) is 8.63. The molecule has 1 aliphatic heterocycles. The minimum absolute atomic E-state index is 0.577. The zero-order valence-corrected chi connectivity index (χ0v) is 12.7. The van der Waals surface area contributed by atoms with E-state index in [4.69, 9.17) is 0 Å². The van der Waals surface area contributed by atoms with Gasteiger partial charge in [-0.15, -0.1) is 0 Å². The molecule has 106 valence electrons. The molecular weight excluding hydrogens is 220 g/mol. The summed E-state index contributed by atoms with van der Waals surface area (Å²) in [5.74, 6) is 1.81. The molecule has 1 saturated carbocycles. The smallest absolute Gasteiger partial charge is 0.00503 e. The van der Waals surface area contributed by atoms with Crippen molar-refractivity contribution in [1.82, 2.24) is 10.2 Å². The van der Waals surface area contributed by atoms with Gasteiger partial charge in [0.2, 0.25) is 0 Å². The van der Waals surface area contributed by atoms with Crippen LogP contribution in [0.15, 0.2) is 0 Å². The molecule has 0 aromatic carbocycles. The molecule has 0 spiro atoms. The van der Waals surface area contributed by atoms with Gasteiger partial charge in [-0.2, -0.15) is 0 Å². The Morgan fingerprint density at radius 3 is 2.44 bits per heavy atom. The number of hydrogen-bond acceptors (Lipinski definition) is 2. The summed E-state index contributed by atoms with van der Waals surface area (Å²) in [7, 11) is 2.12. The Bertz CT molecular complexity index is 240. The molecular formula is C16H32N2. The highest BCUT2D eigenvalue weighted by Crippen LogP contribution is 2.37. The SMILES string of the molecule is CNCC1(CN2CCC(C)C(C)C2)CCCCC1. The molecule has 2 aliphatic rings. The Balaban J connectivity index is 1.92. The van der Waals surface area contributed by atoms with E-state index in [9.17, 15) is 0 Å².